The minimum Gasteiger partial charge on any atom is -0.479 e. The van der Waals surface area contributed by atoms with E-state index in [4.69, 9.17) is 10.2 Å². The second kappa shape index (κ2) is 3.58. The number of aliphatic carboxylic acids is 2. The Morgan fingerprint density at radius 1 is 1.15 bits per heavy atom. The molecule has 0 bridgehead atoms. The Morgan fingerprint density at radius 3 is 1.77 bits per heavy atom. The molecule has 2 atom stereocenters. The lowest BCUT2D eigenvalue weighted by Gasteiger charge is -2.16. The molecule has 13 heavy (non-hydrogen) atoms. The van der Waals surface area contributed by atoms with Crippen molar-refractivity contribution in [2.45, 2.75) is 18.3 Å². The minimum absolute atomic E-state index is 2.48. The van der Waals surface area contributed by atoms with Gasteiger partial charge in [-0.15, -0.1) is 0 Å². The van der Waals surface area contributed by atoms with Crippen molar-refractivity contribution in [3.63, 3.8) is 0 Å². The summed E-state index contributed by atoms with van der Waals surface area (Å²) in [5.41, 5.74) is 0. The fraction of sp³-hybridized carbons (Fsp3) is 0.600. The standard InChI is InChI=1S/C5H4F4O4/c6-1(3(10)11)2(7)5(8,9)4(12)13/h1-2H,(H,10,11)(H,12,13). The van der Waals surface area contributed by atoms with Crippen molar-refractivity contribution in [1.29, 1.82) is 0 Å². The van der Waals surface area contributed by atoms with E-state index in [0.717, 1.165) is 0 Å². The molecule has 0 aliphatic rings. The fourth-order valence-electron chi connectivity index (χ4n) is 0.427. The normalized spacial score (nSPS) is 16.3. The molecule has 0 spiro atoms. The van der Waals surface area contributed by atoms with Gasteiger partial charge < -0.3 is 10.2 Å². The number of carboxylic acids is 2. The summed E-state index contributed by atoms with van der Waals surface area (Å²) >= 11 is 0. The van der Waals surface area contributed by atoms with Crippen LogP contribution in [0.5, 0.6) is 0 Å². The van der Waals surface area contributed by atoms with Crippen molar-refractivity contribution in [3.05, 3.63) is 0 Å². The first-order valence-electron chi connectivity index (χ1n) is 2.83. The Balaban J connectivity index is 4.67. The highest BCUT2D eigenvalue weighted by molar-refractivity contribution is 5.79. The van der Waals surface area contributed by atoms with Crippen LogP contribution >= 0.6 is 0 Å². The number of rotatable bonds is 4. The molecule has 0 aliphatic heterocycles. The molecule has 2 N–H and O–H groups in total. The van der Waals surface area contributed by atoms with E-state index in [0.29, 0.717) is 0 Å². The van der Waals surface area contributed by atoms with Gasteiger partial charge in [-0.2, -0.15) is 8.78 Å². The largest absolute Gasteiger partial charge is 0.479 e. The number of halogens is 4. The Morgan fingerprint density at radius 2 is 1.54 bits per heavy atom. The van der Waals surface area contributed by atoms with E-state index < -0.39 is 30.2 Å². The predicted octanol–water partition coefficient (Wildman–Crippen LogP) is 0.467. The molecule has 0 saturated heterocycles. The third kappa shape index (κ3) is 2.30. The SMILES string of the molecule is O=C(O)C(F)C(F)C(F)(F)C(=O)O. The lowest BCUT2D eigenvalue weighted by atomic mass is 10.1. The van der Waals surface area contributed by atoms with Crippen LogP contribution < -0.4 is 0 Å². The Hall–Kier alpha value is -1.34. The summed E-state index contributed by atoms with van der Waals surface area (Å²) in [7, 11) is 0. The average molecular weight is 204 g/mol. The summed E-state index contributed by atoms with van der Waals surface area (Å²) in [6.45, 7) is 0. The van der Waals surface area contributed by atoms with Crippen LogP contribution in [0.1, 0.15) is 0 Å². The molecular formula is C5H4F4O4. The van der Waals surface area contributed by atoms with Crippen LogP contribution in [0.15, 0.2) is 0 Å². The summed E-state index contributed by atoms with van der Waals surface area (Å²) in [6.07, 6.45) is -7.46. The molecule has 0 aliphatic carbocycles. The minimum atomic E-state index is -5.04. The van der Waals surface area contributed by atoms with Gasteiger partial charge in [0.15, 0.2) is 0 Å². The van der Waals surface area contributed by atoms with Crippen LogP contribution in [-0.2, 0) is 9.59 Å². The highest BCUT2D eigenvalue weighted by Gasteiger charge is 2.54. The number of carboxylic acid groups (broad SMARTS) is 2. The molecule has 0 heterocycles. The number of hydrogen-bond acceptors (Lipinski definition) is 2. The third-order valence-corrected chi connectivity index (χ3v) is 1.12. The van der Waals surface area contributed by atoms with Gasteiger partial charge in [0.1, 0.15) is 0 Å². The molecule has 0 rings (SSSR count). The van der Waals surface area contributed by atoms with E-state index >= 15 is 0 Å². The summed E-state index contributed by atoms with van der Waals surface area (Å²) in [6, 6.07) is 0. The van der Waals surface area contributed by atoms with Crippen LogP contribution in [0.3, 0.4) is 0 Å². The lowest BCUT2D eigenvalue weighted by molar-refractivity contribution is -0.183. The van der Waals surface area contributed by atoms with E-state index in [1.807, 2.05) is 0 Å². The Kier molecular flexibility index (Phi) is 3.21. The van der Waals surface area contributed by atoms with Gasteiger partial charge in [-0.1, -0.05) is 0 Å². The average Bonchev–Trinajstić information content (AvgIpc) is 2.01. The van der Waals surface area contributed by atoms with Crippen molar-refractivity contribution in [1.82, 2.24) is 0 Å². The molecule has 0 amide bonds. The first-order valence-corrected chi connectivity index (χ1v) is 2.83. The quantitative estimate of drug-likeness (QED) is 0.652. The highest BCUT2D eigenvalue weighted by Crippen LogP contribution is 2.26. The fourth-order valence-corrected chi connectivity index (χ4v) is 0.427. The summed E-state index contributed by atoms with van der Waals surface area (Å²) in [4.78, 5) is 19.3. The van der Waals surface area contributed by atoms with Gasteiger partial charge in [-0.25, -0.2) is 18.4 Å². The molecule has 8 heteroatoms. The topological polar surface area (TPSA) is 74.6 Å². The summed E-state index contributed by atoms with van der Waals surface area (Å²) in [5, 5.41) is 15.4. The maximum Gasteiger partial charge on any atom is 0.377 e. The summed E-state index contributed by atoms with van der Waals surface area (Å²) < 4.78 is 48.4. The maximum atomic E-state index is 12.2. The van der Waals surface area contributed by atoms with Gasteiger partial charge in [-0.05, 0) is 0 Å². The zero-order valence-corrected chi connectivity index (χ0v) is 5.88. The van der Waals surface area contributed by atoms with Gasteiger partial charge in [-0.3, -0.25) is 0 Å². The Labute approximate surface area is 68.8 Å². The maximum absolute atomic E-state index is 12.2. The number of hydrogen-bond donors (Lipinski definition) is 2. The van der Waals surface area contributed by atoms with Crippen LogP contribution in [0, 0.1) is 0 Å². The van der Waals surface area contributed by atoms with Gasteiger partial charge in [0.05, 0.1) is 0 Å². The molecule has 0 radical (unpaired) electrons. The van der Waals surface area contributed by atoms with Gasteiger partial charge in [0, 0.05) is 0 Å². The summed E-state index contributed by atoms with van der Waals surface area (Å²) in [5.74, 6) is -10.4. The monoisotopic (exact) mass is 204 g/mol. The third-order valence-electron chi connectivity index (χ3n) is 1.12. The van der Waals surface area contributed by atoms with Crippen molar-refractivity contribution in [2.75, 3.05) is 0 Å². The Bertz CT molecular complexity index is 229. The van der Waals surface area contributed by atoms with Crippen LogP contribution in [0.4, 0.5) is 17.6 Å². The number of alkyl halides is 4. The second-order valence-electron chi connectivity index (χ2n) is 2.07. The van der Waals surface area contributed by atoms with E-state index in [2.05, 4.69) is 0 Å². The highest BCUT2D eigenvalue weighted by atomic mass is 19.3. The second-order valence-corrected chi connectivity index (χ2v) is 2.07. The van der Waals surface area contributed by atoms with Crippen LogP contribution in [0.2, 0.25) is 0 Å². The lowest BCUT2D eigenvalue weighted by Crippen LogP contribution is -2.46. The molecule has 0 saturated carbocycles. The smallest absolute Gasteiger partial charge is 0.377 e. The first kappa shape index (κ1) is 11.7. The van der Waals surface area contributed by atoms with E-state index in [9.17, 15) is 27.2 Å². The van der Waals surface area contributed by atoms with Crippen molar-refractivity contribution in [3.8, 4) is 0 Å². The van der Waals surface area contributed by atoms with Gasteiger partial charge in [0.25, 0.3) is 0 Å². The van der Waals surface area contributed by atoms with E-state index in [-0.39, 0.29) is 0 Å². The van der Waals surface area contributed by atoms with Crippen molar-refractivity contribution >= 4 is 11.9 Å². The van der Waals surface area contributed by atoms with Crippen LogP contribution in [-0.4, -0.2) is 40.4 Å². The van der Waals surface area contributed by atoms with Crippen molar-refractivity contribution < 1.29 is 37.4 Å². The zero-order valence-electron chi connectivity index (χ0n) is 5.88. The predicted molar refractivity (Wildman–Crippen MR) is 30.0 cm³/mol. The van der Waals surface area contributed by atoms with E-state index in [1.165, 1.54) is 0 Å². The molecule has 0 aromatic rings. The van der Waals surface area contributed by atoms with E-state index in [1.54, 1.807) is 0 Å². The molecule has 2 unspecified atom stereocenters. The molecule has 0 fully saturated rings. The van der Waals surface area contributed by atoms with Crippen LogP contribution in [0.25, 0.3) is 0 Å². The molecule has 0 aromatic heterocycles. The van der Waals surface area contributed by atoms with Gasteiger partial charge >= 0.3 is 17.9 Å². The first-order chi connectivity index (χ1) is 5.71. The molecule has 4 nitrogen and oxygen atoms in total. The molecule has 76 valence electrons. The number of carbonyl (C=O) groups is 2. The molecule has 0 aromatic carbocycles. The van der Waals surface area contributed by atoms with Gasteiger partial charge in [0.2, 0.25) is 12.3 Å². The zero-order chi connectivity index (χ0) is 10.8. The van der Waals surface area contributed by atoms with Crippen molar-refractivity contribution in [2.24, 2.45) is 0 Å². The molecular weight excluding hydrogens is 200 g/mol.